The summed E-state index contributed by atoms with van der Waals surface area (Å²) in [7, 11) is 0. The van der Waals surface area contributed by atoms with Crippen molar-refractivity contribution in [3.63, 3.8) is 0 Å². The summed E-state index contributed by atoms with van der Waals surface area (Å²) >= 11 is 4.96. The molecule has 0 spiro atoms. The zero-order chi connectivity index (χ0) is 5.98. The average molecular weight is 148 g/mol. The van der Waals surface area contributed by atoms with Crippen LogP contribution in [0.25, 0.3) is 0 Å². The molecule has 1 rings (SSSR count). The average Bonchev–Trinajstić information content (AvgIpc) is 1.77. The van der Waals surface area contributed by atoms with E-state index in [-0.39, 0.29) is 29.6 Å². The van der Waals surface area contributed by atoms with Crippen molar-refractivity contribution in [2.75, 3.05) is 0 Å². The maximum Gasteiger partial charge on any atom is 1.00 e. The van der Waals surface area contributed by atoms with Gasteiger partial charge < -0.3 is 12.6 Å². The van der Waals surface area contributed by atoms with Crippen molar-refractivity contribution in [1.29, 1.82) is 0 Å². The molecule has 0 saturated heterocycles. The van der Waals surface area contributed by atoms with Gasteiger partial charge in [-0.25, -0.2) is 0 Å². The van der Waals surface area contributed by atoms with Crippen molar-refractivity contribution < 1.29 is 29.6 Å². The summed E-state index contributed by atoms with van der Waals surface area (Å²) in [4.78, 5) is 1.09. The van der Waals surface area contributed by atoms with Crippen molar-refractivity contribution in [2.45, 2.75) is 19.8 Å². The van der Waals surface area contributed by atoms with E-state index in [0.717, 1.165) is 17.7 Å². The van der Waals surface area contributed by atoms with Gasteiger partial charge in [0.05, 0.1) is 0 Å². The van der Waals surface area contributed by atoms with Crippen LogP contribution in [0.3, 0.4) is 0 Å². The molecule has 9 heavy (non-hydrogen) atoms. The van der Waals surface area contributed by atoms with Gasteiger partial charge in [0.2, 0.25) is 0 Å². The molecule has 0 aromatic rings. The first-order chi connectivity index (χ1) is 3.79. The molecule has 0 bridgehead atoms. The van der Waals surface area contributed by atoms with Crippen molar-refractivity contribution in [3.8, 4) is 0 Å². The van der Waals surface area contributed by atoms with Gasteiger partial charge in [-0.3, -0.25) is 0 Å². The maximum absolute atomic E-state index is 4.96. The predicted molar refractivity (Wildman–Crippen MR) is 38.4 cm³/mol. The fourth-order valence-electron chi connectivity index (χ4n) is 0.722. The molecule has 0 aliphatic heterocycles. The van der Waals surface area contributed by atoms with Crippen molar-refractivity contribution in [2.24, 2.45) is 0 Å². The molecular weight excluding hydrogens is 139 g/mol. The Bertz CT molecular complexity index is 129. The Labute approximate surface area is 84.1 Å². The van der Waals surface area contributed by atoms with Crippen LogP contribution in [0.15, 0.2) is 22.6 Å². The minimum Gasteiger partial charge on any atom is -0.784 e. The first kappa shape index (κ1) is 9.70. The summed E-state index contributed by atoms with van der Waals surface area (Å²) in [6.07, 6.45) is 6.37. The number of rotatable bonds is 0. The molecule has 0 saturated carbocycles. The van der Waals surface area contributed by atoms with E-state index >= 15 is 0 Å². The van der Waals surface area contributed by atoms with Crippen LogP contribution in [0.2, 0.25) is 0 Å². The summed E-state index contributed by atoms with van der Waals surface area (Å²) < 4.78 is 0. The molecule has 0 heterocycles. The van der Waals surface area contributed by atoms with E-state index in [9.17, 15) is 0 Å². The Balaban J connectivity index is 0.000000640. The fraction of sp³-hybridized carbons (Fsp3) is 0.429. The van der Waals surface area contributed by atoms with Gasteiger partial charge in [-0.2, -0.15) is 4.91 Å². The molecular formula is C7H9NaS. The minimum atomic E-state index is 0. The minimum absolute atomic E-state index is 0. The fourth-order valence-corrected chi connectivity index (χ4v) is 0.892. The Hall–Kier alpha value is 0.700. The summed E-state index contributed by atoms with van der Waals surface area (Å²) in [5.74, 6) is 0. The van der Waals surface area contributed by atoms with E-state index in [1.54, 1.807) is 0 Å². The van der Waals surface area contributed by atoms with Gasteiger partial charge in [0.1, 0.15) is 0 Å². The topological polar surface area (TPSA) is 0 Å². The van der Waals surface area contributed by atoms with Gasteiger partial charge in [0.15, 0.2) is 0 Å². The molecule has 1 aliphatic rings. The normalized spacial score (nSPS) is 17.4. The van der Waals surface area contributed by atoms with Gasteiger partial charge in [0, 0.05) is 0 Å². The van der Waals surface area contributed by atoms with Crippen molar-refractivity contribution >= 4 is 12.6 Å². The van der Waals surface area contributed by atoms with Crippen LogP contribution in [0.1, 0.15) is 19.8 Å². The van der Waals surface area contributed by atoms with Crippen LogP contribution < -0.4 is 29.6 Å². The van der Waals surface area contributed by atoms with Crippen LogP contribution in [0, 0.1) is 0 Å². The van der Waals surface area contributed by atoms with Gasteiger partial charge in [-0.15, -0.1) is 0 Å². The third kappa shape index (κ3) is 3.41. The zero-order valence-electron chi connectivity index (χ0n) is 5.98. The van der Waals surface area contributed by atoms with E-state index in [1.165, 1.54) is 5.57 Å². The molecule has 1 aliphatic carbocycles. The first-order valence-corrected chi connectivity index (χ1v) is 3.23. The van der Waals surface area contributed by atoms with Crippen LogP contribution in [0.5, 0.6) is 0 Å². The number of hydrogen-bond acceptors (Lipinski definition) is 1. The smallest absolute Gasteiger partial charge is 0.784 e. The molecule has 44 valence electrons. The Morgan fingerprint density at radius 3 is 2.33 bits per heavy atom. The molecule has 0 atom stereocenters. The summed E-state index contributed by atoms with van der Waals surface area (Å²) in [6.45, 7) is 2.14. The second-order valence-electron chi connectivity index (χ2n) is 2.15. The van der Waals surface area contributed by atoms with Gasteiger partial charge >= 0.3 is 29.6 Å². The maximum atomic E-state index is 4.96. The van der Waals surface area contributed by atoms with Crippen LogP contribution in [-0.2, 0) is 12.6 Å². The quantitative estimate of drug-likeness (QED) is 0.319. The second kappa shape index (κ2) is 4.51. The zero-order valence-corrected chi connectivity index (χ0v) is 8.79. The van der Waals surface area contributed by atoms with Gasteiger partial charge in [0.25, 0.3) is 0 Å². The number of allylic oxidation sites excluding steroid dienone is 4. The summed E-state index contributed by atoms with van der Waals surface area (Å²) in [5, 5.41) is 0. The molecule has 0 fully saturated rings. The predicted octanol–water partition coefficient (Wildman–Crippen LogP) is -0.839. The largest absolute Gasteiger partial charge is 1.00 e. The van der Waals surface area contributed by atoms with Crippen molar-refractivity contribution in [1.82, 2.24) is 0 Å². The first-order valence-electron chi connectivity index (χ1n) is 2.82. The monoisotopic (exact) mass is 148 g/mol. The van der Waals surface area contributed by atoms with Crippen LogP contribution >= 0.6 is 0 Å². The Morgan fingerprint density at radius 1 is 1.33 bits per heavy atom. The van der Waals surface area contributed by atoms with Crippen LogP contribution in [-0.4, -0.2) is 0 Å². The number of hydrogen-bond donors (Lipinski definition) is 0. The third-order valence-electron chi connectivity index (χ3n) is 1.32. The molecule has 0 aromatic heterocycles. The van der Waals surface area contributed by atoms with E-state index < -0.39 is 0 Å². The molecule has 0 nitrogen and oxygen atoms in total. The standard InChI is InChI=1S/C7H10S.Na/c1-6-2-4-7(8)5-3-6;/h2,4,8H,3,5H2,1H3;/q;+1/p-1. The van der Waals surface area contributed by atoms with Gasteiger partial charge in [-0.05, 0) is 19.8 Å². The summed E-state index contributed by atoms with van der Waals surface area (Å²) in [5.41, 5.74) is 1.44. The van der Waals surface area contributed by atoms with Gasteiger partial charge in [-0.1, -0.05) is 17.7 Å². The SMILES string of the molecule is CC1=CC=C([S-])CC1.[Na+]. The Kier molecular flexibility index (Phi) is 4.86. The second-order valence-corrected chi connectivity index (χ2v) is 2.67. The molecule has 0 amide bonds. The van der Waals surface area contributed by atoms with E-state index in [0.29, 0.717) is 0 Å². The molecule has 2 heteroatoms. The van der Waals surface area contributed by atoms with Crippen LogP contribution in [0.4, 0.5) is 0 Å². The molecule has 0 radical (unpaired) electrons. The molecule has 0 aromatic carbocycles. The van der Waals surface area contributed by atoms with E-state index in [1.807, 2.05) is 6.08 Å². The molecule has 0 unspecified atom stereocenters. The third-order valence-corrected chi connectivity index (χ3v) is 1.66. The van der Waals surface area contributed by atoms with E-state index in [4.69, 9.17) is 12.6 Å². The Morgan fingerprint density at radius 2 is 2.00 bits per heavy atom. The summed E-state index contributed by atoms with van der Waals surface area (Å²) in [6, 6.07) is 0. The van der Waals surface area contributed by atoms with E-state index in [2.05, 4.69) is 13.0 Å². The van der Waals surface area contributed by atoms with Crippen molar-refractivity contribution in [3.05, 3.63) is 22.6 Å². The molecule has 0 N–H and O–H groups in total.